The Morgan fingerprint density at radius 2 is 1.71 bits per heavy atom. The summed E-state index contributed by atoms with van der Waals surface area (Å²) >= 11 is 11.5. The molecular formula is C14H13Cl2NO3S. The third-order valence-corrected chi connectivity index (χ3v) is 5.00. The zero-order chi connectivity index (χ0) is 15.8. The van der Waals surface area contributed by atoms with Gasteiger partial charge in [-0.25, -0.2) is 4.98 Å². The monoisotopic (exact) mass is 345 g/mol. The van der Waals surface area contributed by atoms with Gasteiger partial charge in [-0.15, -0.1) is 0 Å². The summed E-state index contributed by atoms with van der Waals surface area (Å²) in [5.41, 5.74) is 2.44. The van der Waals surface area contributed by atoms with Crippen LogP contribution in [0.3, 0.4) is 0 Å². The largest absolute Gasteiger partial charge is 0.378 e. The molecule has 0 aliphatic heterocycles. The standard InChI is InChI=1S/C14H13Cl2NO3S/c1-8-4-5-9(2)13(10(8)3)20-21(18,19)11-6-12(15)14(16)17-7-11/h4-7H,1-3H3. The molecule has 112 valence electrons. The maximum atomic E-state index is 12.3. The molecule has 1 aromatic heterocycles. The molecule has 4 nitrogen and oxygen atoms in total. The molecule has 0 fully saturated rings. The SMILES string of the molecule is Cc1ccc(C)c(OS(=O)(=O)c2cnc(Cl)c(Cl)c2)c1C. The van der Waals surface area contributed by atoms with E-state index in [0.29, 0.717) is 5.75 Å². The molecule has 0 atom stereocenters. The van der Waals surface area contributed by atoms with Gasteiger partial charge >= 0.3 is 10.1 Å². The Bertz CT molecular complexity index is 804. The van der Waals surface area contributed by atoms with Crippen molar-refractivity contribution in [1.82, 2.24) is 4.98 Å². The zero-order valence-corrected chi connectivity index (χ0v) is 14.0. The summed E-state index contributed by atoms with van der Waals surface area (Å²) in [5.74, 6) is 0.320. The Balaban J connectivity index is 2.47. The zero-order valence-electron chi connectivity index (χ0n) is 11.6. The molecule has 2 aromatic rings. The van der Waals surface area contributed by atoms with Crippen molar-refractivity contribution >= 4 is 33.3 Å². The van der Waals surface area contributed by atoms with Crippen LogP contribution in [0.15, 0.2) is 29.3 Å². The minimum atomic E-state index is -4.02. The normalized spacial score (nSPS) is 11.5. The Hall–Kier alpha value is -1.30. The molecule has 0 aliphatic rings. The smallest absolute Gasteiger partial charge is 0.340 e. The molecule has 21 heavy (non-hydrogen) atoms. The van der Waals surface area contributed by atoms with E-state index >= 15 is 0 Å². The fourth-order valence-electron chi connectivity index (χ4n) is 1.75. The first-order valence-electron chi connectivity index (χ1n) is 6.04. The number of hydrogen-bond acceptors (Lipinski definition) is 4. The first-order chi connectivity index (χ1) is 9.72. The van der Waals surface area contributed by atoms with Gasteiger partial charge in [-0.2, -0.15) is 8.42 Å². The second-order valence-corrected chi connectivity index (χ2v) is 6.95. The summed E-state index contributed by atoms with van der Waals surface area (Å²) in [6.07, 6.45) is 1.12. The van der Waals surface area contributed by atoms with Crippen molar-refractivity contribution in [2.75, 3.05) is 0 Å². The van der Waals surface area contributed by atoms with Crippen molar-refractivity contribution in [1.29, 1.82) is 0 Å². The van der Waals surface area contributed by atoms with Crippen LogP contribution in [-0.4, -0.2) is 13.4 Å². The third kappa shape index (κ3) is 3.31. The number of aromatic nitrogens is 1. The summed E-state index contributed by atoms with van der Waals surface area (Å²) in [4.78, 5) is 3.58. The second-order valence-electron chi connectivity index (χ2n) is 4.63. The molecule has 0 spiro atoms. The van der Waals surface area contributed by atoms with E-state index in [4.69, 9.17) is 27.4 Å². The summed E-state index contributed by atoms with van der Waals surface area (Å²) in [6, 6.07) is 4.93. The lowest BCUT2D eigenvalue weighted by molar-refractivity contribution is 0.481. The number of nitrogens with zero attached hydrogens (tertiary/aromatic N) is 1. The molecule has 0 N–H and O–H groups in total. The average molecular weight is 346 g/mol. The van der Waals surface area contributed by atoms with E-state index in [1.807, 2.05) is 13.0 Å². The fourth-order valence-corrected chi connectivity index (χ4v) is 3.10. The highest BCUT2D eigenvalue weighted by molar-refractivity contribution is 7.87. The Morgan fingerprint density at radius 1 is 1.10 bits per heavy atom. The topological polar surface area (TPSA) is 56.3 Å². The third-order valence-electron chi connectivity index (χ3n) is 3.13. The lowest BCUT2D eigenvalue weighted by Gasteiger charge is -2.13. The highest BCUT2D eigenvalue weighted by atomic mass is 35.5. The molecule has 0 saturated heterocycles. The highest BCUT2D eigenvalue weighted by Gasteiger charge is 2.21. The number of aryl methyl sites for hydroxylation is 2. The molecule has 0 amide bonds. The van der Waals surface area contributed by atoms with Gasteiger partial charge in [-0.3, -0.25) is 0 Å². The first kappa shape index (κ1) is 16.1. The maximum absolute atomic E-state index is 12.3. The molecule has 0 saturated carbocycles. The Morgan fingerprint density at radius 3 is 2.33 bits per heavy atom. The minimum Gasteiger partial charge on any atom is -0.378 e. The van der Waals surface area contributed by atoms with Gasteiger partial charge in [0.1, 0.15) is 15.8 Å². The molecular weight excluding hydrogens is 333 g/mol. The van der Waals surface area contributed by atoms with Gasteiger partial charge in [0, 0.05) is 0 Å². The highest BCUT2D eigenvalue weighted by Crippen LogP contribution is 2.30. The molecule has 0 bridgehead atoms. The number of rotatable bonds is 3. The van der Waals surface area contributed by atoms with Crippen LogP contribution < -0.4 is 4.18 Å². The molecule has 1 heterocycles. The molecule has 7 heteroatoms. The van der Waals surface area contributed by atoms with Crippen LogP contribution in [0, 0.1) is 20.8 Å². The predicted octanol–water partition coefficient (Wildman–Crippen LogP) is 4.08. The molecule has 1 aromatic carbocycles. The number of hydrogen-bond donors (Lipinski definition) is 0. The summed E-state index contributed by atoms with van der Waals surface area (Å²) < 4.78 is 29.9. The van der Waals surface area contributed by atoms with Gasteiger partial charge in [0.15, 0.2) is 0 Å². The summed E-state index contributed by atoms with van der Waals surface area (Å²) in [5, 5.41) is 0.0950. The van der Waals surface area contributed by atoms with E-state index in [2.05, 4.69) is 4.98 Å². The minimum absolute atomic E-state index is 0.0403. The number of halogens is 2. The van der Waals surface area contributed by atoms with E-state index in [1.54, 1.807) is 19.9 Å². The van der Waals surface area contributed by atoms with Crippen LogP contribution in [0.5, 0.6) is 5.75 Å². The van der Waals surface area contributed by atoms with Gasteiger partial charge in [0.25, 0.3) is 0 Å². The fraction of sp³-hybridized carbons (Fsp3) is 0.214. The number of pyridine rings is 1. The number of benzene rings is 1. The quantitative estimate of drug-likeness (QED) is 0.621. The van der Waals surface area contributed by atoms with Gasteiger partial charge in [0.05, 0.1) is 11.2 Å². The Labute approximate surface area is 133 Å². The van der Waals surface area contributed by atoms with E-state index in [9.17, 15) is 8.42 Å². The van der Waals surface area contributed by atoms with Crippen molar-refractivity contribution in [2.45, 2.75) is 25.7 Å². The van der Waals surface area contributed by atoms with Crippen LogP contribution >= 0.6 is 23.2 Å². The van der Waals surface area contributed by atoms with Crippen molar-refractivity contribution in [3.63, 3.8) is 0 Å². The van der Waals surface area contributed by atoms with Crippen LogP contribution in [0.2, 0.25) is 10.2 Å². The molecule has 2 rings (SSSR count). The van der Waals surface area contributed by atoms with Gasteiger partial charge < -0.3 is 4.18 Å². The van der Waals surface area contributed by atoms with Crippen LogP contribution in [0.4, 0.5) is 0 Å². The van der Waals surface area contributed by atoms with Crippen LogP contribution in [-0.2, 0) is 10.1 Å². The van der Waals surface area contributed by atoms with Crippen molar-refractivity contribution in [3.05, 3.63) is 51.3 Å². The van der Waals surface area contributed by atoms with Gasteiger partial charge in [-0.05, 0) is 43.5 Å². The first-order valence-corrected chi connectivity index (χ1v) is 8.21. The van der Waals surface area contributed by atoms with E-state index < -0.39 is 10.1 Å². The van der Waals surface area contributed by atoms with Crippen molar-refractivity contribution in [2.24, 2.45) is 0 Å². The van der Waals surface area contributed by atoms with Crippen LogP contribution in [0.1, 0.15) is 16.7 Å². The van der Waals surface area contributed by atoms with E-state index in [1.165, 1.54) is 6.07 Å². The lowest BCUT2D eigenvalue weighted by atomic mass is 10.1. The van der Waals surface area contributed by atoms with E-state index in [-0.39, 0.29) is 15.1 Å². The Kier molecular flexibility index (Phi) is 4.46. The lowest BCUT2D eigenvalue weighted by Crippen LogP contribution is -2.12. The van der Waals surface area contributed by atoms with Crippen molar-refractivity contribution < 1.29 is 12.6 Å². The predicted molar refractivity (Wildman–Crippen MR) is 82.7 cm³/mol. The molecule has 0 aliphatic carbocycles. The maximum Gasteiger partial charge on any atom is 0.340 e. The van der Waals surface area contributed by atoms with Crippen LogP contribution in [0.25, 0.3) is 0 Å². The van der Waals surface area contributed by atoms with E-state index in [0.717, 1.165) is 22.9 Å². The van der Waals surface area contributed by atoms with Crippen molar-refractivity contribution in [3.8, 4) is 5.75 Å². The second kappa shape index (κ2) is 5.83. The average Bonchev–Trinajstić information content (AvgIpc) is 2.42. The summed E-state index contributed by atoms with van der Waals surface area (Å²) in [6.45, 7) is 5.47. The summed E-state index contributed by atoms with van der Waals surface area (Å²) in [7, 11) is -4.02. The van der Waals surface area contributed by atoms with Gasteiger partial charge in [-0.1, -0.05) is 35.3 Å². The molecule has 0 radical (unpaired) electrons. The molecule has 0 unspecified atom stereocenters. The van der Waals surface area contributed by atoms with Gasteiger partial charge in [0.2, 0.25) is 0 Å².